The molecule has 0 aliphatic heterocycles. The smallest absolute Gasteiger partial charge is 0.262 e. The quantitative estimate of drug-likeness (QED) is 0.506. The first-order valence-electron chi connectivity index (χ1n) is 9.13. The molecular formula is C20H22N2O3S2. The summed E-state index contributed by atoms with van der Waals surface area (Å²) in [6, 6.07) is 9.43. The van der Waals surface area contributed by atoms with Gasteiger partial charge in [0.25, 0.3) is 5.56 Å². The molecule has 5 nitrogen and oxygen atoms in total. The Hall–Kier alpha value is -1.83. The van der Waals surface area contributed by atoms with Crippen LogP contribution in [0.25, 0.3) is 10.2 Å². The zero-order valence-corrected chi connectivity index (χ0v) is 16.8. The van der Waals surface area contributed by atoms with Gasteiger partial charge < -0.3 is 9.84 Å². The predicted molar refractivity (Wildman–Crippen MR) is 110 cm³/mol. The number of thioether (sulfide) groups is 1. The second-order valence-electron chi connectivity index (χ2n) is 6.74. The first kappa shape index (κ1) is 18.5. The Morgan fingerprint density at radius 1 is 1.30 bits per heavy atom. The fourth-order valence-corrected chi connectivity index (χ4v) is 5.50. The van der Waals surface area contributed by atoms with E-state index in [-0.39, 0.29) is 12.2 Å². The van der Waals surface area contributed by atoms with E-state index in [0.717, 1.165) is 35.2 Å². The molecule has 1 aromatic carbocycles. The molecule has 0 bridgehead atoms. The molecule has 1 atom stereocenters. The molecule has 1 N–H and O–H groups in total. The molecule has 0 saturated carbocycles. The van der Waals surface area contributed by atoms with Gasteiger partial charge in [-0.2, -0.15) is 0 Å². The van der Waals surface area contributed by atoms with Crippen molar-refractivity contribution in [2.24, 2.45) is 7.05 Å². The van der Waals surface area contributed by atoms with Gasteiger partial charge in [0, 0.05) is 17.7 Å². The van der Waals surface area contributed by atoms with Gasteiger partial charge in [-0.05, 0) is 43.4 Å². The van der Waals surface area contributed by atoms with E-state index in [1.165, 1.54) is 28.6 Å². The van der Waals surface area contributed by atoms with Gasteiger partial charge in [-0.25, -0.2) is 4.98 Å². The van der Waals surface area contributed by atoms with E-state index >= 15 is 0 Å². The topological polar surface area (TPSA) is 64.3 Å². The molecule has 142 valence electrons. The molecule has 0 fully saturated rings. The first-order chi connectivity index (χ1) is 13.1. The molecule has 2 aromatic heterocycles. The molecule has 0 spiro atoms. The summed E-state index contributed by atoms with van der Waals surface area (Å²) in [6.07, 6.45) is 3.73. The van der Waals surface area contributed by atoms with E-state index in [1.807, 2.05) is 30.3 Å². The molecule has 0 amide bonds. The maximum Gasteiger partial charge on any atom is 0.262 e. The molecule has 4 rings (SSSR count). The number of benzene rings is 1. The largest absolute Gasteiger partial charge is 0.491 e. The van der Waals surface area contributed by atoms with E-state index in [1.54, 1.807) is 23.0 Å². The van der Waals surface area contributed by atoms with Crippen LogP contribution in [-0.4, -0.2) is 33.1 Å². The maximum atomic E-state index is 12.9. The maximum absolute atomic E-state index is 12.9. The van der Waals surface area contributed by atoms with Crippen LogP contribution in [0.15, 0.2) is 40.3 Å². The molecule has 3 aromatic rings. The van der Waals surface area contributed by atoms with Gasteiger partial charge in [0.15, 0.2) is 5.16 Å². The van der Waals surface area contributed by atoms with E-state index in [0.29, 0.717) is 10.9 Å². The third kappa shape index (κ3) is 3.90. The third-order valence-corrected chi connectivity index (χ3v) is 7.11. The van der Waals surface area contributed by atoms with Crippen molar-refractivity contribution in [3.05, 3.63) is 51.1 Å². The third-order valence-electron chi connectivity index (χ3n) is 4.75. The highest BCUT2D eigenvalue weighted by Gasteiger charge is 2.21. The first-order valence-corrected chi connectivity index (χ1v) is 10.9. The van der Waals surface area contributed by atoms with Crippen LogP contribution in [0, 0.1) is 0 Å². The van der Waals surface area contributed by atoms with Crippen LogP contribution < -0.4 is 10.3 Å². The SMILES string of the molecule is Cn1c(SC[C@H](O)COc2ccccc2)nc2sc3c(c2c1=O)CCCC3. The van der Waals surface area contributed by atoms with Gasteiger partial charge in [-0.1, -0.05) is 30.0 Å². The Bertz CT molecular complexity index is 998. The Labute approximate surface area is 166 Å². The number of ether oxygens (including phenoxy) is 1. The lowest BCUT2D eigenvalue weighted by Crippen LogP contribution is -2.23. The predicted octanol–water partition coefficient (Wildman–Crippen LogP) is 3.41. The molecule has 7 heteroatoms. The number of rotatable bonds is 6. The fraction of sp³-hybridized carbons (Fsp3) is 0.400. The summed E-state index contributed by atoms with van der Waals surface area (Å²) >= 11 is 3.05. The van der Waals surface area contributed by atoms with Crippen molar-refractivity contribution >= 4 is 33.3 Å². The lowest BCUT2D eigenvalue weighted by molar-refractivity contribution is 0.126. The van der Waals surface area contributed by atoms with Crippen molar-refractivity contribution in [1.82, 2.24) is 9.55 Å². The molecule has 0 unspecified atom stereocenters. The van der Waals surface area contributed by atoms with E-state index in [4.69, 9.17) is 9.72 Å². The molecular weight excluding hydrogens is 380 g/mol. The van der Waals surface area contributed by atoms with Crippen molar-refractivity contribution < 1.29 is 9.84 Å². The zero-order valence-electron chi connectivity index (χ0n) is 15.2. The normalized spacial score (nSPS) is 14.9. The number of aliphatic hydroxyl groups excluding tert-OH is 1. The number of para-hydroxylation sites is 1. The van der Waals surface area contributed by atoms with Crippen molar-refractivity contribution in [3.8, 4) is 5.75 Å². The fourth-order valence-electron chi connectivity index (χ4n) is 3.32. The minimum Gasteiger partial charge on any atom is -0.491 e. The van der Waals surface area contributed by atoms with Crippen molar-refractivity contribution in [2.45, 2.75) is 36.9 Å². The van der Waals surface area contributed by atoms with Gasteiger partial charge >= 0.3 is 0 Å². The van der Waals surface area contributed by atoms with E-state index in [2.05, 4.69) is 0 Å². The van der Waals surface area contributed by atoms with Crippen molar-refractivity contribution in [3.63, 3.8) is 0 Å². The summed E-state index contributed by atoms with van der Waals surface area (Å²) in [7, 11) is 1.76. The number of aromatic nitrogens is 2. The van der Waals surface area contributed by atoms with Crippen molar-refractivity contribution in [2.75, 3.05) is 12.4 Å². The molecule has 1 aliphatic rings. The highest BCUT2D eigenvalue weighted by Crippen LogP contribution is 2.34. The number of fused-ring (bicyclic) bond motifs is 3. The van der Waals surface area contributed by atoms with Crippen LogP contribution in [-0.2, 0) is 19.9 Å². The van der Waals surface area contributed by atoms with Crippen LogP contribution >= 0.6 is 23.1 Å². The number of nitrogens with zero attached hydrogens (tertiary/aromatic N) is 2. The average Bonchev–Trinajstić information content (AvgIpc) is 3.07. The second-order valence-corrected chi connectivity index (χ2v) is 8.81. The lowest BCUT2D eigenvalue weighted by atomic mass is 9.97. The van der Waals surface area contributed by atoms with Crippen LogP contribution in [0.3, 0.4) is 0 Å². The summed E-state index contributed by atoms with van der Waals surface area (Å²) < 4.78 is 7.20. The molecule has 0 saturated heterocycles. The minimum atomic E-state index is -0.639. The van der Waals surface area contributed by atoms with Crippen LogP contribution in [0.1, 0.15) is 23.3 Å². The summed E-state index contributed by atoms with van der Waals surface area (Å²) in [4.78, 5) is 19.7. The standard InChI is InChI=1S/C20H22N2O3S2/c1-22-19(24)17-15-9-5-6-10-16(15)27-18(17)21-20(22)26-12-13(23)11-25-14-7-3-2-4-8-14/h2-4,7-8,13,23H,5-6,9-12H2,1H3/t13-/m1/s1. The summed E-state index contributed by atoms with van der Waals surface area (Å²) in [6.45, 7) is 0.209. The Balaban J connectivity index is 1.47. The summed E-state index contributed by atoms with van der Waals surface area (Å²) in [5.41, 5.74) is 1.24. The zero-order chi connectivity index (χ0) is 18.8. The molecule has 0 radical (unpaired) electrons. The van der Waals surface area contributed by atoms with Gasteiger partial charge in [0.2, 0.25) is 0 Å². The molecule has 2 heterocycles. The molecule has 1 aliphatic carbocycles. The molecule has 27 heavy (non-hydrogen) atoms. The number of thiophene rings is 1. The van der Waals surface area contributed by atoms with E-state index in [9.17, 15) is 9.90 Å². The minimum absolute atomic E-state index is 0.0249. The van der Waals surface area contributed by atoms with Crippen LogP contribution in [0.2, 0.25) is 0 Å². The number of hydrogen-bond donors (Lipinski definition) is 1. The Morgan fingerprint density at radius 3 is 2.89 bits per heavy atom. The average molecular weight is 403 g/mol. The monoisotopic (exact) mass is 402 g/mol. The van der Waals surface area contributed by atoms with Crippen LogP contribution in [0.5, 0.6) is 5.75 Å². The Kier molecular flexibility index (Phi) is 5.52. The number of aliphatic hydroxyl groups is 1. The summed E-state index contributed by atoms with van der Waals surface area (Å²) in [5, 5.41) is 11.7. The second kappa shape index (κ2) is 8.04. The number of aryl methyl sites for hydroxylation is 2. The van der Waals surface area contributed by atoms with Gasteiger partial charge in [0.05, 0.1) is 11.5 Å². The number of hydrogen-bond acceptors (Lipinski definition) is 6. The van der Waals surface area contributed by atoms with Gasteiger partial charge in [-0.3, -0.25) is 9.36 Å². The lowest BCUT2D eigenvalue weighted by Gasteiger charge is -2.13. The van der Waals surface area contributed by atoms with E-state index < -0.39 is 6.10 Å². The van der Waals surface area contributed by atoms with Crippen molar-refractivity contribution in [1.29, 1.82) is 0 Å². The highest BCUT2D eigenvalue weighted by atomic mass is 32.2. The summed E-state index contributed by atoms with van der Waals surface area (Å²) in [5.74, 6) is 1.15. The van der Waals surface area contributed by atoms with Gasteiger partial charge in [0.1, 0.15) is 17.2 Å². The highest BCUT2D eigenvalue weighted by molar-refractivity contribution is 7.99. The Morgan fingerprint density at radius 2 is 2.07 bits per heavy atom. The van der Waals surface area contributed by atoms with Gasteiger partial charge in [-0.15, -0.1) is 11.3 Å². The van der Waals surface area contributed by atoms with Crippen LogP contribution in [0.4, 0.5) is 0 Å².